The molecule has 0 aromatic heterocycles. The van der Waals surface area contributed by atoms with Crippen molar-refractivity contribution in [2.75, 3.05) is 0 Å². The SMILES string of the molecule is O=[N+]([O-])c1cccc(Br)c1Oc1cccc(CCl)c1. The number of alkyl halides is 1. The summed E-state index contributed by atoms with van der Waals surface area (Å²) in [6.07, 6.45) is 0. The Bertz CT molecular complexity index is 619. The van der Waals surface area contributed by atoms with Crippen LogP contribution < -0.4 is 4.74 Å². The Balaban J connectivity index is 2.40. The van der Waals surface area contributed by atoms with Crippen LogP contribution in [0.1, 0.15) is 5.56 Å². The second kappa shape index (κ2) is 6.04. The smallest absolute Gasteiger partial charge is 0.312 e. The van der Waals surface area contributed by atoms with Crippen LogP contribution in [-0.4, -0.2) is 4.92 Å². The van der Waals surface area contributed by atoms with Gasteiger partial charge >= 0.3 is 5.69 Å². The molecule has 0 fully saturated rings. The summed E-state index contributed by atoms with van der Waals surface area (Å²) in [5.74, 6) is 1.04. The minimum Gasteiger partial charge on any atom is -0.449 e. The van der Waals surface area contributed by atoms with E-state index in [0.29, 0.717) is 16.1 Å². The molecule has 2 rings (SSSR count). The third-order valence-electron chi connectivity index (χ3n) is 2.42. The second-order valence-electron chi connectivity index (χ2n) is 3.73. The molecule has 0 atom stereocenters. The number of hydrogen-bond donors (Lipinski definition) is 0. The molecule has 0 unspecified atom stereocenters. The lowest BCUT2D eigenvalue weighted by Crippen LogP contribution is -1.94. The first-order valence-corrected chi connectivity index (χ1v) is 6.70. The molecule has 0 heterocycles. The van der Waals surface area contributed by atoms with Gasteiger partial charge in [0.2, 0.25) is 5.75 Å². The van der Waals surface area contributed by atoms with Gasteiger partial charge in [-0.15, -0.1) is 11.6 Å². The van der Waals surface area contributed by atoms with E-state index in [1.54, 1.807) is 30.3 Å². The maximum Gasteiger partial charge on any atom is 0.312 e. The Labute approximate surface area is 123 Å². The number of nitro benzene ring substituents is 1. The maximum atomic E-state index is 11.0. The normalized spacial score (nSPS) is 10.2. The molecule has 0 bridgehead atoms. The summed E-state index contributed by atoms with van der Waals surface area (Å²) in [5.41, 5.74) is 0.791. The molecular formula is C13H9BrClNO3. The summed E-state index contributed by atoms with van der Waals surface area (Å²) in [7, 11) is 0. The van der Waals surface area contributed by atoms with E-state index in [1.165, 1.54) is 6.07 Å². The Hall–Kier alpha value is -1.59. The van der Waals surface area contributed by atoms with E-state index in [-0.39, 0.29) is 11.4 Å². The number of rotatable bonds is 4. The van der Waals surface area contributed by atoms with Crippen LogP contribution in [0.3, 0.4) is 0 Å². The van der Waals surface area contributed by atoms with Gasteiger partial charge in [0.1, 0.15) is 5.75 Å². The fourth-order valence-corrected chi connectivity index (χ4v) is 2.16. The predicted molar refractivity (Wildman–Crippen MR) is 76.9 cm³/mol. The Morgan fingerprint density at radius 2 is 2.00 bits per heavy atom. The topological polar surface area (TPSA) is 52.4 Å². The minimum absolute atomic E-state index is 0.0920. The van der Waals surface area contributed by atoms with E-state index < -0.39 is 4.92 Å². The molecule has 0 amide bonds. The molecular weight excluding hydrogens is 334 g/mol. The van der Waals surface area contributed by atoms with E-state index >= 15 is 0 Å². The van der Waals surface area contributed by atoms with Crippen molar-refractivity contribution in [1.29, 1.82) is 0 Å². The van der Waals surface area contributed by atoms with E-state index in [9.17, 15) is 10.1 Å². The lowest BCUT2D eigenvalue weighted by Gasteiger charge is -2.08. The second-order valence-corrected chi connectivity index (χ2v) is 4.85. The van der Waals surface area contributed by atoms with Gasteiger partial charge in [-0.05, 0) is 39.7 Å². The third kappa shape index (κ3) is 3.24. The van der Waals surface area contributed by atoms with Crippen LogP contribution in [-0.2, 0) is 5.88 Å². The zero-order chi connectivity index (χ0) is 13.8. The van der Waals surface area contributed by atoms with Gasteiger partial charge in [0.25, 0.3) is 0 Å². The summed E-state index contributed by atoms with van der Waals surface area (Å²) in [4.78, 5) is 10.5. The van der Waals surface area contributed by atoms with Crippen molar-refractivity contribution >= 4 is 33.2 Å². The highest BCUT2D eigenvalue weighted by molar-refractivity contribution is 9.10. The maximum absolute atomic E-state index is 11.0. The van der Waals surface area contributed by atoms with Crippen LogP contribution >= 0.6 is 27.5 Å². The van der Waals surface area contributed by atoms with Crippen molar-refractivity contribution in [3.8, 4) is 11.5 Å². The Morgan fingerprint density at radius 3 is 2.68 bits per heavy atom. The monoisotopic (exact) mass is 341 g/mol. The molecule has 6 heteroatoms. The zero-order valence-electron chi connectivity index (χ0n) is 9.68. The number of para-hydroxylation sites is 1. The van der Waals surface area contributed by atoms with Crippen LogP contribution in [0.5, 0.6) is 11.5 Å². The van der Waals surface area contributed by atoms with Gasteiger partial charge in [-0.1, -0.05) is 18.2 Å². The van der Waals surface area contributed by atoms with Gasteiger partial charge in [0.15, 0.2) is 0 Å². The van der Waals surface area contributed by atoms with E-state index in [0.717, 1.165) is 5.56 Å². The molecule has 0 aliphatic heterocycles. The average molecular weight is 343 g/mol. The van der Waals surface area contributed by atoms with Gasteiger partial charge in [-0.2, -0.15) is 0 Å². The number of ether oxygens (including phenoxy) is 1. The first kappa shape index (κ1) is 13.8. The van der Waals surface area contributed by atoms with Gasteiger partial charge in [-0.3, -0.25) is 10.1 Å². The molecule has 0 radical (unpaired) electrons. The van der Waals surface area contributed by atoms with Crippen molar-refractivity contribution in [1.82, 2.24) is 0 Å². The highest BCUT2D eigenvalue weighted by Crippen LogP contribution is 2.38. The first-order chi connectivity index (χ1) is 9.11. The van der Waals surface area contributed by atoms with E-state index in [2.05, 4.69) is 15.9 Å². The molecule has 0 saturated carbocycles. The highest BCUT2D eigenvalue weighted by Gasteiger charge is 2.18. The van der Waals surface area contributed by atoms with Crippen LogP contribution in [0.2, 0.25) is 0 Å². The van der Waals surface area contributed by atoms with E-state index in [4.69, 9.17) is 16.3 Å². The van der Waals surface area contributed by atoms with Crippen LogP contribution in [0, 0.1) is 10.1 Å². The quantitative estimate of drug-likeness (QED) is 0.451. The molecule has 4 nitrogen and oxygen atoms in total. The van der Waals surface area contributed by atoms with Crippen molar-refractivity contribution in [3.63, 3.8) is 0 Å². The van der Waals surface area contributed by atoms with Gasteiger partial charge in [0.05, 0.1) is 9.40 Å². The van der Waals surface area contributed by atoms with Gasteiger partial charge in [-0.25, -0.2) is 0 Å². The van der Waals surface area contributed by atoms with Gasteiger partial charge in [0, 0.05) is 11.9 Å². The fraction of sp³-hybridized carbons (Fsp3) is 0.0769. The third-order valence-corrected chi connectivity index (χ3v) is 3.35. The predicted octanol–water partition coefficient (Wildman–Crippen LogP) is 4.89. The number of halogens is 2. The molecule has 0 spiro atoms. The van der Waals surface area contributed by atoms with E-state index in [1.807, 2.05) is 6.07 Å². The highest BCUT2D eigenvalue weighted by atomic mass is 79.9. The van der Waals surface area contributed by atoms with Crippen LogP contribution in [0.15, 0.2) is 46.9 Å². The fourth-order valence-electron chi connectivity index (χ4n) is 1.55. The first-order valence-electron chi connectivity index (χ1n) is 5.37. The zero-order valence-corrected chi connectivity index (χ0v) is 12.0. The molecule has 0 aliphatic carbocycles. The Kier molecular flexibility index (Phi) is 4.39. The molecule has 2 aromatic rings. The molecule has 98 valence electrons. The average Bonchev–Trinajstić information content (AvgIpc) is 2.41. The molecule has 0 aliphatic rings. The largest absolute Gasteiger partial charge is 0.449 e. The van der Waals surface area contributed by atoms with Crippen molar-refractivity contribution < 1.29 is 9.66 Å². The van der Waals surface area contributed by atoms with Gasteiger partial charge < -0.3 is 4.74 Å². The summed E-state index contributed by atoms with van der Waals surface area (Å²) >= 11 is 8.99. The number of nitrogens with zero attached hydrogens (tertiary/aromatic N) is 1. The number of nitro groups is 1. The lowest BCUT2D eigenvalue weighted by molar-refractivity contribution is -0.385. The lowest BCUT2D eigenvalue weighted by atomic mass is 10.2. The molecule has 2 aromatic carbocycles. The van der Waals surface area contributed by atoms with Crippen LogP contribution in [0.4, 0.5) is 5.69 Å². The Morgan fingerprint density at radius 1 is 1.26 bits per heavy atom. The molecule has 0 saturated heterocycles. The number of benzene rings is 2. The van der Waals surface area contributed by atoms with Crippen LogP contribution in [0.25, 0.3) is 0 Å². The summed E-state index contributed by atoms with van der Waals surface area (Å²) < 4.78 is 6.12. The van der Waals surface area contributed by atoms with Crippen molar-refractivity contribution in [2.24, 2.45) is 0 Å². The molecule has 19 heavy (non-hydrogen) atoms. The summed E-state index contributed by atoms with van der Waals surface area (Å²) in [6, 6.07) is 11.8. The molecule has 0 N–H and O–H groups in total. The minimum atomic E-state index is -0.481. The summed E-state index contributed by atoms with van der Waals surface area (Å²) in [6.45, 7) is 0. The van der Waals surface area contributed by atoms with Crippen molar-refractivity contribution in [3.05, 3.63) is 62.6 Å². The van der Waals surface area contributed by atoms with Crippen molar-refractivity contribution in [2.45, 2.75) is 5.88 Å². The standard InChI is InChI=1S/C13H9BrClNO3/c14-11-5-2-6-12(16(17)18)13(11)19-10-4-1-3-9(7-10)8-15/h1-7H,8H2. The number of hydrogen-bond acceptors (Lipinski definition) is 3. The summed E-state index contributed by atoms with van der Waals surface area (Å²) in [5, 5.41) is 11.0.